The van der Waals surface area contributed by atoms with Crippen molar-refractivity contribution in [1.82, 2.24) is 20.3 Å². The number of amides is 1. The van der Waals surface area contributed by atoms with Gasteiger partial charge < -0.3 is 24.6 Å². The second-order valence-electron chi connectivity index (χ2n) is 6.49. The minimum absolute atomic E-state index is 0.0886. The number of rotatable bonds is 10. The summed E-state index contributed by atoms with van der Waals surface area (Å²) in [5, 5.41) is 19.7. The van der Waals surface area contributed by atoms with E-state index in [9.17, 15) is 9.59 Å². The highest BCUT2D eigenvalue weighted by molar-refractivity contribution is 5.69. The van der Waals surface area contributed by atoms with E-state index in [-0.39, 0.29) is 45.3 Å². The molecule has 2 N–H and O–H groups in total. The Labute approximate surface area is 152 Å². The average Bonchev–Trinajstić information content (AvgIpc) is 2.93. The zero-order valence-corrected chi connectivity index (χ0v) is 15.8. The smallest absolute Gasteiger partial charge is 0.407 e. The van der Waals surface area contributed by atoms with Gasteiger partial charge in [-0.3, -0.25) is 4.79 Å². The fraction of sp³-hybridized carbons (Fsp3) is 0.750. The largest absolute Gasteiger partial charge is 0.469 e. The van der Waals surface area contributed by atoms with E-state index in [1.165, 1.54) is 7.11 Å². The molecule has 0 aliphatic carbocycles. The van der Waals surface area contributed by atoms with Gasteiger partial charge in [0.2, 0.25) is 0 Å². The molecule has 0 aliphatic heterocycles. The van der Waals surface area contributed by atoms with Crippen molar-refractivity contribution in [3.05, 3.63) is 11.4 Å². The number of methoxy groups -OCH3 is 1. The number of carbonyl (C=O) groups excluding carboxylic acids is 2. The molecule has 0 atom stereocenters. The molecule has 1 aromatic rings. The molecule has 0 unspecified atom stereocenters. The van der Waals surface area contributed by atoms with E-state index in [0.29, 0.717) is 17.8 Å². The molecular formula is C16H28N4O6. The lowest BCUT2D eigenvalue weighted by atomic mass is 10.2. The van der Waals surface area contributed by atoms with Crippen LogP contribution < -0.4 is 5.32 Å². The summed E-state index contributed by atoms with van der Waals surface area (Å²) < 4.78 is 16.8. The van der Waals surface area contributed by atoms with Crippen molar-refractivity contribution in [2.45, 2.75) is 52.4 Å². The number of esters is 1. The molecule has 1 aromatic heterocycles. The van der Waals surface area contributed by atoms with Gasteiger partial charge in [-0.05, 0) is 20.8 Å². The predicted octanol–water partition coefficient (Wildman–Crippen LogP) is 0.417. The normalized spacial score (nSPS) is 11.3. The Morgan fingerprint density at radius 3 is 2.65 bits per heavy atom. The lowest BCUT2D eigenvalue weighted by molar-refractivity contribution is -0.140. The number of hydrogen-bond acceptors (Lipinski definition) is 8. The Kier molecular flexibility index (Phi) is 9.00. The van der Waals surface area contributed by atoms with E-state index in [0.717, 1.165) is 0 Å². The van der Waals surface area contributed by atoms with Crippen LogP contribution in [0.3, 0.4) is 0 Å². The number of ether oxygens (including phenoxy) is 3. The molecule has 0 fully saturated rings. The molecule has 148 valence electrons. The summed E-state index contributed by atoms with van der Waals surface area (Å²) in [5.41, 5.74) is 0.745. The number of carbonyl (C=O) groups is 2. The number of aliphatic hydroxyl groups excluding tert-OH is 1. The monoisotopic (exact) mass is 372 g/mol. The highest BCUT2D eigenvalue weighted by Gasteiger charge is 2.16. The van der Waals surface area contributed by atoms with Crippen LogP contribution in [-0.2, 0) is 38.6 Å². The van der Waals surface area contributed by atoms with Gasteiger partial charge in [0, 0.05) is 13.0 Å². The number of alkyl carbamates (subject to hydrolysis) is 1. The quantitative estimate of drug-likeness (QED) is 0.447. The number of hydrogen-bond donors (Lipinski definition) is 2. The Hall–Kier alpha value is -2.20. The minimum atomic E-state index is -0.551. The summed E-state index contributed by atoms with van der Waals surface area (Å²) >= 11 is 0. The van der Waals surface area contributed by atoms with Crippen LogP contribution in [0.25, 0.3) is 0 Å². The van der Waals surface area contributed by atoms with Gasteiger partial charge in [-0.1, -0.05) is 5.21 Å². The van der Waals surface area contributed by atoms with Crippen molar-refractivity contribution in [2.24, 2.45) is 0 Å². The van der Waals surface area contributed by atoms with E-state index >= 15 is 0 Å². The van der Waals surface area contributed by atoms with Crippen molar-refractivity contribution in [3.63, 3.8) is 0 Å². The van der Waals surface area contributed by atoms with Crippen molar-refractivity contribution < 1.29 is 28.9 Å². The predicted molar refractivity (Wildman–Crippen MR) is 91.3 cm³/mol. The van der Waals surface area contributed by atoms with E-state index in [1.54, 1.807) is 25.5 Å². The third kappa shape index (κ3) is 8.26. The highest BCUT2D eigenvalue weighted by Crippen LogP contribution is 2.11. The van der Waals surface area contributed by atoms with E-state index < -0.39 is 11.7 Å². The first-order chi connectivity index (χ1) is 12.3. The Morgan fingerprint density at radius 2 is 2.04 bits per heavy atom. The van der Waals surface area contributed by atoms with E-state index in [4.69, 9.17) is 14.6 Å². The number of nitrogens with one attached hydrogen (secondary N) is 1. The molecule has 10 heteroatoms. The summed E-state index contributed by atoms with van der Waals surface area (Å²) in [6, 6.07) is 0. The average molecular weight is 372 g/mol. The van der Waals surface area contributed by atoms with Crippen molar-refractivity contribution in [2.75, 3.05) is 26.9 Å². The molecule has 1 rings (SSSR count). The van der Waals surface area contributed by atoms with Crippen LogP contribution in [0.1, 0.15) is 38.6 Å². The van der Waals surface area contributed by atoms with Crippen LogP contribution in [0.15, 0.2) is 0 Å². The zero-order chi connectivity index (χ0) is 19.6. The zero-order valence-electron chi connectivity index (χ0n) is 15.8. The molecule has 26 heavy (non-hydrogen) atoms. The van der Waals surface area contributed by atoms with Gasteiger partial charge in [-0.25, -0.2) is 9.48 Å². The van der Waals surface area contributed by atoms with Crippen molar-refractivity contribution in [3.8, 4) is 0 Å². The Bertz CT molecular complexity index is 582. The topological polar surface area (TPSA) is 125 Å². The van der Waals surface area contributed by atoms with Gasteiger partial charge >= 0.3 is 12.1 Å². The molecule has 0 radical (unpaired) electrons. The van der Waals surface area contributed by atoms with Crippen LogP contribution in [0.2, 0.25) is 0 Å². The molecule has 0 bridgehead atoms. The summed E-state index contributed by atoms with van der Waals surface area (Å²) in [4.78, 5) is 22.9. The molecule has 10 nitrogen and oxygen atoms in total. The second-order valence-corrected chi connectivity index (χ2v) is 6.49. The van der Waals surface area contributed by atoms with Gasteiger partial charge in [0.25, 0.3) is 0 Å². The maximum atomic E-state index is 11.5. The fourth-order valence-electron chi connectivity index (χ4n) is 2.06. The van der Waals surface area contributed by atoms with Gasteiger partial charge in [0.15, 0.2) is 0 Å². The molecule has 0 saturated heterocycles. The van der Waals surface area contributed by atoms with Gasteiger partial charge in [-0.2, -0.15) is 0 Å². The lowest BCUT2D eigenvalue weighted by Gasteiger charge is -2.19. The van der Waals surface area contributed by atoms with Crippen LogP contribution in [-0.4, -0.2) is 64.6 Å². The SMILES string of the molecule is COC(=O)CCc1c(COCCNC(=O)OC(C)(C)C)nnn1CCO. The van der Waals surface area contributed by atoms with E-state index in [2.05, 4.69) is 20.4 Å². The summed E-state index contributed by atoms with van der Waals surface area (Å²) in [7, 11) is 1.33. The molecule has 0 saturated carbocycles. The first kappa shape index (κ1) is 21.8. The maximum absolute atomic E-state index is 11.5. The van der Waals surface area contributed by atoms with Gasteiger partial charge in [0.1, 0.15) is 11.3 Å². The van der Waals surface area contributed by atoms with Gasteiger partial charge in [-0.15, -0.1) is 5.10 Å². The summed E-state index contributed by atoms with van der Waals surface area (Å²) in [5.74, 6) is -0.338. The van der Waals surface area contributed by atoms with E-state index in [1.807, 2.05) is 0 Å². The summed E-state index contributed by atoms with van der Waals surface area (Å²) in [6.07, 6.45) is 0.0607. The van der Waals surface area contributed by atoms with Crippen molar-refractivity contribution >= 4 is 12.1 Å². The highest BCUT2D eigenvalue weighted by atomic mass is 16.6. The third-order valence-corrected chi connectivity index (χ3v) is 3.18. The second kappa shape index (κ2) is 10.7. The first-order valence-corrected chi connectivity index (χ1v) is 8.40. The molecule has 0 aliphatic rings. The number of nitrogens with zero attached hydrogens (tertiary/aromatic N) is 3. The van der Waals surface area contributed by atoms with Crippen molar-refractivity contribution in [1.29, 1.82) is 0 Å². The minimum Gasteiger partial charge on any atom is -0.469 e. The van der Waals surface area contributed by atoms with Crippen LogP contribution >= 0.6 is 0 Å². The Balaban J connectivity index is 2.46. The molecule has 0 spiro atoms. The molecule has 0 aromatic carbocycles. The Morgan fingerprint density at radius 1 is 1.31 bits per heavy atom. The first-order valence-electron chi connectivity index (χ1n) is 8.40. The molecule has 1 amide bonds. The molecule has 1 heterocycles. The van der Waals surface area contributed by atoms with Gasteiger partial charge in [0.05, 0.1) is 45.6 Å². The number of aromatic nitrogens is 3. The standard InChI is InChI=1S/C16H28N4O6/c1-16(2,3)26-15(23)17-7-10-25-11-12-13(5-6-14(22)24-4)20(8-9-21)19-18-12/h21H,5-11H2,1-4H3,(H,17,23). The summed E-state index contributed by atoms with van der Waals surface area (Å²) in [6.45, 7) is 6.29. The molecular weight excluding hydrogens is 344 g/mol. The van der Waals surface area contributed by atoms with Crippen LogP contribution in [0, 0.1) is 0 Å². The third-order valence-electron chi connectivity index (χ3n) is 3.18. The fourth-order valence-corrected chi connectivity index (χ4v) is 2.06. The van der Waals surface area contributed by atoms with Crippen LogP contribution in [0.4, 0.5) is 4.79 Å². The number of aliphatic hydroxyl groups is 1. The lowest BCUT2D eigenvalue weighted by Crippen LogP contribution is -2.34. The maximum Gasteiger partial charge on any atom is 0.407 e. The van der Waals surface area contributed by atoms with Crippen LogP contribution in [0.5, 0.6) is 0 Å².